The fourth-order valence-electron chi connectivity index (χ4n) is 5.12. The van der Waals surface area contributed by atoms with Gasteiger partial charge in [-0.25, -0.2) is 4.79 Å². The van der Waals surface area contributed by atoms with Crippen LogP contribution in [0, 0.1) is 11.8 Å². The van der Waals surface area contributed by atoms with E-state index in [0.29, 0.717) is 30.5 Å². The molecule has 0 atom stereocenters. The maximum Gasteiger partial charge on any atom is 0.343 e. The minimum absolute atomic E-state index is 0.0149. The van der Waals surface area contributed by atoms with Crippen molar-refractivity contribution in [3.8, 4) is 0 Å². The number of anilines is 1. The molecule has 1 aromatic carbocycles. The number of esters is 1. The Morgan fingerprint density at radius 1 is 1.06 bits per heavy atom. The fourth-order valence-corrected chi connectivity index (χ4v) is 5.12. The lowest BCUT2D eigenvalue weighted by Crippen LogP contribution is -2.44. The minimum atomic E-state index is -0.408. The van der Waals surface area contributed by atoms with Gasteiger partial charge in [0.15, 0.2) is 5.82 Å². The van der Waals surface area contributed by atoms with Crippen molar-refractivity contribution < 1.29 is 14.3 Å². The highest BCUT2D eigenvalue weighted by atomic mass is 16.5. The number of benzene rings is 1. The van der Waals surface area contributed by atoms with Crippen LogP contribution in [-0.4, -0.2) is 34.3 Å². The van der Waals surface area contributed by atoms with Gasteiger partial charge in [0.1, 0.15) is 5.56 Å². The standard InChI is InChI=1S/C26H35N3O3/c1-3-32-26(31)23-18-28(17-20-9-5-4-6-10-20)27-24(23)29(22-11-7-8-12-22)25(30)21-15-13-19(2)14-16-21/h4-6,9-10,18-19,21-22H,3,7-8,11-17H2,1-2H3. The van der Waals surface area contributed by atoms with E-state index >= 15 is 0 Å². The second kappa shape index (κ2) is 10.3. The van der Waals surface area contributed by atoms with Crippen molar-refractivity contribution in [2.45, 2.75) is 77.8 Å². The molecule has 2 fully saturated rings. The van der Waals surface area contributed by atoms with Gasteiger partial charge < -0.3 is 4.74 Å². The number of nitrogens with zero attached hydrogens (tertiary/aromatic N) is 3. The minimum Gasteiger partial charge on any atom is -0.462 e. The molecule has 6 heteroatoms. The van der Waals surface area contributed by atoms with Gasteiger partial charge in [-0.1, -0.05) is 50.1 Å². The summed E-state index contributed by atoms with van der Waals surface area (Å²) >= 11 is 0. The van der Waals surface area contributed by atoms with Crippen molar-refractivity contribution in [2.24, 2.45) is 11.8 Å². The van der Waals surface area contributed by atoms with Crippen LogP contribution in [0.4, 0.5) is 5.82 Å². The first-order valence-corrected chi connectivity index (χ1v) is 12.2. The summed E-state index contributed by atoms with van der Waals surface area (Å²) in [5.74, 6) is 0.907. The van der Waals surface area contributed by atoms with Crippen LogP contribution >= 0.6 is 0 Å². The summed E-state index contributed by atoms with van der Waals surface area (Å²) in [6.07, 6.45) is 9.89. The second-order valence-electron chi connectivity index (χ2n) is 9.37. The third kappa shape index (κ3) is 5.05. The van der Waals surface area contributed by atoms with Crippen molar-refractivity contribution in [1.29, 1.82) is 0 Å². The van der Waals surface area contributed by atoms with Gasteiger partial charge in [-0.3, -0.25) is 14.4 Å². The maximum atomic E-state index is 13.8. The third-order valence-corrected chi connectivity index (χ3v) is 6.95. The summed E-state index contributed by atoms with van der Waals surface area (Å²) in [5.41, 5.74) is 1.49. The van der Waals surface area contributed by atoms with Crippen molar-refractivity contribution in [1.82, 2.24) is 9.78 Å². The Balaban J connectivity index is 1.69. The molecule has 32 heavy (non-hydrogen) atoms. The molecular weight excluding hydrogens is 402 g/mol. The molecule has 2 saturated carbocycles. The van der Waals surface area contributed by atoms with Gasteiger partial charge in [-0.2, -0.15) is 5.10 Å². The molecule has 0 saturated heterocycles. The lowest BCUT2D eigenvalue weighted by Gasteiger charge is -2.34. The number of ether oxygens (including phenoxy) is 1. The molecule has 0 radical (unpaired) electrons. The van der Waals surface area contributed by atoms with Gasteiger partial charge in [-0.15, -0.1) is 0 Å². The average molecular weight is 438 g/mol. The zero-order chi connectivity index (χ0) is 22.5. The molecule has 2 aliphatic carbocycles. The van der Waals surface area contributed by atoms with Crippen molar-refractivity contribution >= 4 is 17.7 Å². The number of aromatic nitrogens is 2. The van der Waals surface area contributed by atoms with Gasteiger partial charge in [0.2, 0.25) is 5.91 Å². The van der Waals surface area contributed by atoms with Gasteiger partial charge in [0.05, 0.1) is 13.2 Å². The molecule has 172 valence electrons. The first kappa shape index (κ1) is 22.6. The van der Waals surface area contributed by atoms with Crippen LogP contribution in [0.1, 0.15) is 81.1 Å². The van der Waals surface area contributed by atoms with Crippen LogP contribution in [0.3, 0.4) is 0 Å². The number of hydrogen-bond donors (Lipinski definition) is 0. The quantitative estimate of drug-likeness (QED) is 0.558. The smallest absolute Gasteiger partial charge is 0.343 e. The molecule has 6 nitrogen and oxygen atoms in total. The molecule has 0 aliphatic heterocycles. The van der Waals surface area contributed by atoms with Gasteiger partial charge >= 0.3 is 5.97 Å². The molecule has 1 heterocycles. The predicted molar refractivity (Wildman–Crippen MR) is 125 cm³/mol. The van der Waals surface area contributed by atoms with Crippen LogP contribution < -0.4 is 4.90 Å². The molecule has 2 aliphatic rings. The van der Waals surface area contributed by atoms with Crippen molar-refractivity contribution in [3.63, 3.8) is 0 Å². The van der Waals surface area contributed by atoms with E-state index in [1.54, 1.807) is 17.8 Å². The number of carbonyl (C=O) groups is 2. The molecule has 0 spiro atoms. The molecule has 1 amide bonds. The molecular formula is C26H35N3O3. The summed E-state index contributed by atoms with van der Waals surface area (Å²) in [5, 5.41) is 4.81. The fraction of sp³-hybridized carbons (Fsp3) is 0.577. The van der Waals surface area contributed by atoms with Crippen LogP contribution in [0.15, 0.2) is 36.5 Å². The van der Waals surface area contributed by atoms with E-state index in [9.17, 15) is 9.59 Å². The first-order valence-electron chi connectivity index (χ1n) is 12.2. The maximum absolute atomic E-state index is 13.8. The van der Waals surface area contributed by atoms with Gasteiger partial charge in [-0.05, 0) is 56.9 Å². The number of amides is 1. The largest absolute Gasteiger partial charge is 0.462 e. The number of carbonyl (C=O) groups excluding carboxylic acids is 2. The lowest BCUT2D eigenvalue weighted by atomic mass is 9.82. The normalized spacial score (nSPS) is 21.4. The summed E-state index contributed by atoms with van der Waals surface area (Å²) in [6.45, 7) is 4.90. The SMILES string of the molecule is CCOC(=O)c1cn(Cc2ccccc2)nc1N(C(=O)C1CCC(C)CC1)C1CCCC1. The average Bonchev–Trinajstić information content (AvgIpc) is 3.46. The summed E-state index contributed by atoms with van der Waals surface area (Å²) in [7, 11) is 0. The number of rotatable bonds is 7. The van der Waals surface area contributed by atoms with Gasteiger partial charge in [0, 0.05) is 18.2 Å². The van der Waals surface area contributed by atoms with E-state index in [-0.39, 0.29) is 17.9 Å². The Labute approximate surface area is 190 Å². The molecule has 0 bridgehead atoms. The molecule has 0 unspecified atom stereocenters. The summed E-state index contributed by atoms with van der Waals surface area (Å²) < 4.78 is 7.13. The topological polar surface area (TPSA) is 64.4 Å². The highest BCUT2D eigenvalue weighted by Crippen LogP contribution is 2.36. The zero-order valence-corrected chi connectivity index (χ0v) is 19.3. The Bertz CT molecular complexity index is 910. The summed E-state index contributed by atoms with van der Waals surface area (Å²) in [4.78, 5) is 28.6. The third-order valence-electron chi connectivity index (χ3n) is 6.95. The second-order valence-corrected chi connectivity index (χ2v) is 9.37. The Hall–Kier alpha value is -2.63. The van der Waals surface area contributed by atoms with Crippen LogP contribution in [0.5, 0.6) is 0 Å². The Morgan fingerprint density at radius 3 is 2.41 bits per heavy atom. The van der Waals surface area contributed by atoms with E-state index in [1.165, 1.54) is 0 Å². The van der Waals surface area contributed by atoms with E-state index in [4.69, 9.17) is 9.84 Å². The van der Waals surface area contributed by atoms with Crippen molar-refractivity contribution in [2.75, 3.05) is 11.5 Å². The number of hydrogen-bond acceptors (Lipinski definition) is 4. The van der Waals surface area contributed by atoms with Crippen LogP contribution in [0.25, 0.3) is 0 Å². The lowest BCUT2D eigenvalue weighted by molar-refractivity contribution is -0.124. The predicted octanol–water partition coefficient (Wildman–Crippen LogP) is 5.21. The van der Waals surface area contributed by atoms with E-state index in [1.807, 2.05) is 35.2 Å². The van der Waals surface area contributed by atoms with Crippen LogP contribution in [-0.2, 0) is 16.1 Å². The molecule has 0 N–H and O–H groups in total. The highest BCUT2D eigenvalue weighted by Gasteiger charge is 2.37. The molecule has 1 aromatic heterocycles. The van der Waals surface area contributed by atoms with Crippen molar-refractivity contribution in [3.05, 3.63) is 47.7 Å². The molecule has 4 rings (SSSR count). The van der Waals surface area contributed by atoms with Gasteiger partial charge in [0.25, 0.3) is 0 Å². The highest BCUT2D eigenvalue weighted by molar-refractivity contribution is 6.02. The Morgan fingerprint density at radius 2 is 1.75 bits per heavy atom. The van der Waals surface area contributed by atoms with Crippen LogP contribution in [0.2, 0.25) is 0 Å². The monoisotopic (exact) mass is 437 g/mol. The first-order chi connectivity index (χ1) is 15.6. The molecule has 2 aromatic rings. The summed E-state index contributed by atoms with van der Waals surface area (Å²) in [6, 6.07) is 10.1. The van der Waals surface area contributed by atoms with E-state index in [2.05, 4.69) is 6.92 Å². The zero-order valence-electron chi connectivity index (χ0n) is 19.3. The Kier molecular flexibility index (Phi) is 7.28. The van der Waals surface area contributed by atoms with E-state index < -0.39 is 5.97 Å². The van der Waals surface area contributed by atoms with E-state index in [0.717, 1.165) is 56.9 Å².